The third kappa shape index (κ3) is 5.15. The lowest BCUT2D eigenvalue weighted by molar-refractivity contribution is -0.138. The van der Waals surface area contributed by atoms with Crippen molar-refractivity contribution >= 4 is 17.5 Å². The fourth-order valence-electron chi connectivity index (χ4n) is 2.87. The number of amides is 1. The molecule has 3 aromatic rings. The molecule has 1 aromatic heterocycles. The van der Waals surface area contributed by atoms with Gasteiger partial charge in [0, 0.05) is 12.6 Å². The van der Waals surface area contributed by atoms with E-state index in [4.69, 9.17) is 20.9 Å². The maximum atomic E-state index is 12.8. The van der Waals surface area contributed by atoms with Crippen molar-refractivity contribution in [1.29, 1.82) is 0 Å². The van der Waals surface area contributed by atoms with Crippen molar-refractivity contribution in [3.63, 3.8) is 0 Å². The normalized spacial score (nSPS) is 11.9. The Morgan fingerprint density at radius 3 is 2.55 bits per heavy atom. The second-order valence-corrected chi connectivity index (χ2v) is 7.11. The molecule has 0 saturated carbocycles. The average molecular weight is 414 g/mol. The molecule has 0 N–H and O–H groups in total. The molecule has 1 atom stereocenters. The molecule has 7 heteroatoms. The summed E-state index contributed by atoms with van der Waals surface area (Å²) in [7, 11) is 1.69. The molecule has 1 heterocycles. The molecule has 0 fully saturated rings. The molecule has 0 spiro atoms. The number of ether oxygens (including phenoxy) is 1. The first kappa shape index (κ1) is 20.9. The Labute approximate surface area is 175 Å². The molecule has 0 saturated heterocycles. The van der Waals surface area contributed by atoms with Gasteiger partial charge < -0.3 is 14.2 Å². The van der Waals surface area contributed by atoms with Crippen molar-refractivity contribution in [3.8, 4) is 17.1 Å². The summed E-state index contributed by atoms with van der Waals surface area (Å²) in [5.41, 5.74) is 1.91. The van der Waals surface area contributed by atoms with Gasteiger partial charge in [-0.15, -0.1) is 0 Å². The van der Waals surface area contributed by atoms with Gasteiger partial charge in [-0.05, 0) is 42.7 Å². The van der Waals surface area contributed by atoms with Crippen molar-refractivity contribution in [1.82, 2.24) is 15.0 Å². The van der Waals surface area contributed by atoms with E-state index in [0.717, 1.165) is 6.42 Å². The maximum Gasteiger partial charge on any atom is 0.263 e. The van der Waals surface area contributed by atoms with Gasteiger partial charge in [0.05, 0.1) is 11.6 Å². The molecule has 0 radical (unpaired) electrons. The molecular formula is C22H24ClN3O3. The minimum Gasteiger partial charge on any atom is -0.481 e. The van der Waals surface area contributed by atoms with Gasteiger partial charge in [-0.1, -0.05) is 54.9 Å². The van der Waals surface area contributed by atoms with Crippen molar-refractivity contribution in [2.45, 2.75) is 39.3 Å². The van der Waals surface area contributed by atoms with E-state index in [2.05, 4.69) is 17.1 Å². The van der Waals surface area contributed by atoms with Crippen molar-refractivity contribution < 1.29 is 14.1 Å². The highest BCUT2D eigenvalue weighted by Gasteiger charge is 2.24. The summed E-state index contributed by atoms with van der Waals surface area (Å²) in [6.45, 7) is 4.20. The molecule has 6 nitrogen and oxygen atoms in total. The number of hydrogen-bond acceptors (Lipinski definition) is 5. The van der Waals surface area contributed by atoms with E-state index in [1.54, 1.807) is 13.1 Å². The van der Waals surface area contributed by atoms with Crippen LogP contribution in [0.25, 0.3) is 11.4 Å². The minimum absolute atomic E-state index is 0.149. The summed E-state index contributed by atoms with van der Waals surface area (Å²) in [6, 6.07) is 15.1. The summed E-state index contributed by atoms with van der Waals surface area (Å²) in [5.74, 6) is 1.25. The number of benzene rings is 2. The van der Waals surface area contributed by atoms with Crippen LogP contribution in [-0.2, 0) is 17.8 Å². The molecule has 0 aliphatic heterocycles. The highest BCUT2D eigenvalue weighted by atomic mass is 35.5. The van der Waals surface area contributed by atoms with Crippen LogP contribution in [0, 0.1) is 0 Å². The quantitative estimate of drug-likeness (QED) is 0.532. The van der Waals surface area contributed by atoms with Crippen molar-refractivity contribution in [2.75, 3.05) is 7.05 Å². The smallest absolute Gasteiger partial charge is 0.263 e. The van der Waals surface area contributed by atoms with E-state index in [1.165, 1.54) is 10.5 Å². The van der Waals surface area contributed by atoms with Gasteiger partial charge in [-0.3, -0.25) is 4.79 Å². The molecule has 2 aromatic carbocycles. The lowest BCUT2D eigenvalue weighted by Crippen LogP contribution is -2.39. The lowest BCUT2D eigenvalue weighted by Gasteiger charge is -2.22. The molecule has 1 amide bonds. The van der Waals surface area contributed by atoms with Crippen molar-refractivity contribution in [3.05, 3.63) is 65.0 Å². The van der Waals surface area contributed by atoms with Gasteiger partial charge in [0.25, 0.3) is 5.91 Å². The largest absolute Gasteiger partial charge is 0.481 e. The van der Waals surface area contributed by atoms with Gasteiger partial charge in [0.15, 0.2) is 6.10 Å². The Kier molecular flexibility index (Phi) is 6.88. The third-order valence-electron chi connectivity index (χ3n) is 4.59. The van der Waals surface area contributed by atoms with Gasteiger partial charge in [-0.25, -0.2) is 0 Å². The van der Waals surface area contributed by atoms with E-state index in [-0.39, 0.29) is 12.5 Å². The molecule has 3 rings (SSSR count). The van der Waals surface area contributed by atoms with Crippen LogP contribution in [0.4, 0.5) is 0 Å². The summed E-state index contributed by atoms with van der Waals surface area (Å²) in [5, 5.41) is 4.51. The van der Waals surface area contributed by atoms with Crippen LogP contribution in [0.15, 0.2) is 53.1 Å². The van der Waals surface area contributed by atoms with Crippen LogP contribution in [0.1, 0.15) is 31.7 Å². The third-order valence-corrected chi connectivity index (χ3v) is 4.92. The predicted molar refractivity (Wildman–Crippen MR) is 112 cm³/mol. The number of carbonyl (C=O) groups excluding carboxylic acids is 1. The maximum absolute atomic E-state index is 12.8. The van der Waals surface area contributed by atoms with Crippen LogP contribution in [-0.4, -0.2) is 34.1 Å². The summed E-state index contributed by atoms with van der Waals surface area (Å²) in [6.07, 6.45) is 0.922. The molecule has 1 unspecified atom stereocenters. The van der Waals surface area contributed by atoms with E-state index >= 15 is 0 Å². The fourth-order valence-corrected chi connectivity index (χ4v) is 3.09. The first-order chi connectivity index (χ1) is 14.0. The molecule has 0 aliphatic carbocycles. The fraction of sp³-hybridized carbons (Fsp3) is 0.318. The van der Waals surface area contributed by atoms with Crippen LogP contribution in [0.3, 0.4) is 0 Å². The number of likely N-dealkylation sites (N-methyl/N-ethyl adjacent to an activating group) is 1. The Hall–Kier alpha value is -2.86. The second-order valence-electron chi connectivity index (χ2n) is 6.70. The second kappa shape index (κ2) is 9.56. The Bertz CT molecular complexity index is 956. The van der Waals surface area contributed by atoms with E-state index in [0.29, 0.717) is 34.5 Å². The SMILES string of the molecule is CCc1ccc(OC(CC)C(=O)N(C)Cc2nc(-c3ccccc3Cl)no2)cc1. The first-order valence-electron chi connectivity index (χ1n) is 9.59. The first-order valence-corrected chi connectivity index (χ1v) is 9.97. The number of aryl methyl sites for hydroxylation is 1. The number of nitrogens with zero attached hydrogens (tertiary/aromatic N) is 3. The number of hydrogen-bond donors (Lipinski definition) is 0. The molecule has 0 aliphatic rings. The van der Waals surface area contributed by atoms with Crippen LogP contribution >= 0.6 is 11.6 Å². The van der Waals surface area contributed by atoms with Gasteiger partial charge in [0.2, 0.25) is 11.7 Å². The zero-order valence-electron chi connectivity index (χ0n) is 16.8. The Balaban J connectivity index is 1.65. The zero-order valence-corrected chi connectivity index (χ0v) is 17.5. The highest BCUT2D eigenvalue weighted by Crippen LogP contribution is 2.25. The predicted octanol–water partition coefficient (Wildman–Crippen LogP) is 4.77. The summed E-state index contributed by atoms with van der Waals surface area (Å²) in [4.78, 5) is 18.7. The topological polar surface area (TPSA) is 68.5 Å². The van der Waals surface area contributed by atoms with Gasteiger partial charge in [-0.2, -0.15) is 4.98 Å². The standard InChI is InChI=1S/C22H24ClN3O3/c1-4-15-10-12-16(13-11-15)28-19(5-2)22(27)26(3)14-20-24-21(25-29-20)17-8-6-7-9-18(17)23/h6-13,19H,4-5,14H2,1-3H3. The monoisotopic (exact) mass is 413 g/mol. The van der Waals surface area contributed by atoms with Crippen LogP contribution in [0.5, 0.6) is 5.75 Å². The Morgan fingerprint density at radius 1 is 1.17 bits per heavy atom. The van der Waals surface area contributed by atoms with E-state index in [1.807, 2.05) is 49.4 Å². The Morgan fingerprint density at radius 2 is 1.90 bits per heavy atom. The van der Waals surface area contributed by atoms with E-state index < -0.39 is 6.10 Å². The lowest BCUT2D eigenvalue weighted by atomic mass is 10.1. The molecule has 0 bridgehead atoms. The van der Waals surface area contributed by atoms with Crippen molar-refractivity contribution in [2.24, 2.45) is 0 Å². The molecular weight excluding hydrogens is 390 g/mol. The minimum atomic E-state index is -0.585. The van der Waals surface area contributed by atoms with Crippen LogP contribution < -0.4 is 4.74 Å². The summed E-state index contributed by atoms with van der Waals surface area (Å²) < 4.78 is 11.2. The highest BCUT2D eigenvalue weighted by molar-refractivity contribution is 6.33. The number of carbonyl (C=O) groups is 1. The summed E-state index contributed by atoms with van der Waals surface area (Å²) >= 11 is 6.18. The number of halogens is 1. The molecule has 29 heavy (non-hydrogen) atoms. The van der Waals surface area contributed by atoms with E-state index in [9.17, 15) is 4.79 Å². The van der Waals surface area contributed by atoms with Crippen LogP contribution in [0.2, 0.25) is 5.02 Å². The number of rotatable bonds is 8. The zero-order chi connectivity index (χ0) is 20.8. The number of aromatic nitrogens is 2. The van der Waals surface area contributed by atoms with Gasteiger partial charge >= 0.3 is 0 Å². The average Bonchev–Trinajstić information content (AvgIpc) is 3.20. The van der Waals surface area contributed by atoms with Gasteiger partial charge in [0.1, 0.15) is 5.75 Å². The molecule has 152 valence electrons.